The van der Waals surface area contributed by atoms with Crippen LogP contribution in [0.2, 0.25) is 0 Å². The Morgan fingerprint density at radius 3 is 2.62 bits per heavy atom. The first-order valence-corrected chi connectivity index (χ1v) is 5.72. The Hall–Kier alpha value is 0.500. The van der Waals surface area contributed by atoms with Crippen LogP contribution in [0.5, 0.6) is 0 Å². The van der Waals surface area contributed by atoms with Crippen molar-refractivity contribution in [3.8, 4) is 0 Å². The second-order valence-electron chi connectivity index (χ2n) is 3.94. The smallest absolute Gasteiger partial charge is 0.0507 e. The van der Waals surface area contributed by atoms with Crippen LogP contribution in [0.4, 0.5) is 0 Å². The van der Waals surface area contributed by atoms with Gasteiger partial charge in [-0.15, -0.1) is 23.2 Å². The molecular formula is C9H17Cl2NO. The van der Waals surface area contributed by atoms with E-state index in [0.717, 1.165) is 26.2 Å². The molecule has 1 unspecified atom stereocenters. The van der Waals surface area contributed by atoms with Crippen molar-refractivity contribution in [2.45, 2.75) is 18.9 Å². The summed E-state index contributed by atoms with van der Waals surface area (Å²) in [7, 11) is 0. The molecule has 4 heteroatoms. The maximum atomic E-state index is 5.82. The van der Waals surface area contributed by atoms with Gasteiger partial charge in [0.15, 0.2) is 0 Å². The molecule has 1 rings (SSSR count). The molecule has 0 radical (unpaired) electrons. The summed E-state index contributed by atoms with van der Waals surface area (Å²) in [6.45, 7) is 4.76. The molecule has 1 heterocycles. The molecule has 1 saturated heterocycles. The van der Waals surface area contributed by atoms with E-state index in [1.807, 2.05) is 6.92 Å². The molecule has 0 amide bonds. The first kappa shape index (κ1) is 11.6. The number of hydrogen-bond acceptors (Lipinski definition) is 2. The Morgan fingerprint density at radius 2 is 2.15 bits per heavy atom. The molecule has 0 aromatic carbocycles. The van der Waals surface area contributed by atoms with E-state index >= 15 is 0 Å². The van der Waals surface area contributed by atoms with Crippen LogP contribution < -0.4 is 5.32 Å². The van der Waals surface area contributed by atoms with Crippen LogP contribution in [0.15, 0.2) is 0 Å². The van der Waals surface area contributed by atoms with E-state index < -0.39 is 0 Å². The first-order chi connectivity index (χ1) is 6.20. The van der Waals surface area contributed by atoms with Crippen LogP contribution in [0.3, 0.4) is 0 Å². The Morgan fingerprint density at radius 1 is 1.46 bits per heavy atom. The average molecular weight is 226 g/mol. The molecule has 1 N–H and O–H groups in total. The van der Waals surface area contributed by atoms with Crippen LogP contribution in [0.1, 0.15) is 13.3 Å². The fraction of sp³-hybridized carbons (Fsp3) is 1.00. The van der Waals surface area contributed by atoms with Crippen LogP contribution in [0.25, 0.3) is 0 Å². The molecule has 0 aliphatic carbocycles. The van der Waals surface area contributed by atoms with Crippen molar-refractivity contribution in [2.24, 2.45) is 5.92 Å². The van der Waals surface area contributed by atoms with Gasteiger partial charge in [-0.1, -0.05) is 0 Å². The summed E-state index contributed by atoms with van der Waals surface area (Å²) >= 11 is 11.6. The van der Waals surface area contributed by atoms with E-state index in [2.05, 4.69) is 5.32 Å². The quantitative estimate of drug-likeness (QED) is 0.722. The van der Waals surface area contributed by atoms with Crippen molar-refractivity contribution in [2.75, 3.05) is 31.5 Å². The predicted octanol–water partition coefficient (Wildman–Crippen LogP) is 1.85. The predicted molar refractivity (Wildman–Crippen MR) is 56.8 cm³/mol. The second-order valence-corrected chi connectivity index (χ2v) is 4.47. The zero-order chi connectivity index (χ0) is 9.73. The maximum absolute atomic E-state index is 5.82. The Labute approximate surface area is 89.9 Å². The number of ether oxygens (including phenoxy) is 1. The maximum Gasteiger partial charge on any atom is 0.0507 e. The lowest BCUT2D eigenvalue weighted by Gasteiger charge is -2.27. The van der Waals surface area contributed by atoms with E-state index in [0.29, 0.717) is 17.7 Å². The summed E-state index contributed by atoms with van der Waals surface area (Å²) in [5.74, 6) is 1.72. The third kappa shape index (κ3) is 3.62. The highest BCUT2D eigenvalue weighted by Crippen LogP contribution is 2.14. The summed E-state index contributed by atoms with van der Waals surface area (Å²) in [6.07, 6.45) is 1.15. The first-order valence-electron chi connectivity index (χ1n) is 4.65. The van der Waals surface area contributed by atoms with Crippen molar-refractivity contribution >= 4 is 23.2 Å². The van der Waals surface area contributed by atoms with Crippen molar-refractivity contribution < 1.29 is 4.74 Å². The van der Waals surface area contributed by atoms with Gasteiger partial charge in [0.05, 0.1) is 6.61 Å². The monoisotopic (exact) mass is 225 g/mol. The molecule has 78 valence electrons. The highest BCUT2D eigenvalue weighted by Gasteiger charge is 2.24. The molecule has 0 bridgehead atoms. The third-order valence-electron chi connectivity index (χ3n) is 2.43. The zero-order valence-electron chi connectivity index (χ0n) is 7.98. The van der Waals surface area contributed by atoms with Gasteiger partial charge in [-0.05, 0) is 19.3 Å². The minimum atomic E-state index is -0.133. The molecule has 1 fully saturated rings. The van der Waals surface area contributed by atoms with Gasteiger partial charge in [0.25, 0.3) is 0 Å². The van der Waals surface area contributed by atoms with E-state index in [-0.39, 0.29) is 5.54 Å². The molecule has 13 heavy (non-hydrogen) atoms. The SMILES string of the molecule is CC(CCl)(CCl)NCC1CCOC1. The lowest BCUT2D eigenvalue weighted by atomic mass is 10.0. The van der Waals surface area contributed by atoms with Gasteiger partial charge in [-0.3, -0.25) is 0 Å². The van der Waals surface area contributed by atoms with Gasteiger partial charge in [0, 0.05) is 30.5 Å². The highest BCUT2D eigenvalue weighted by atomic mass is 35.5. The molecule has 0 spiro atoms. The summed E-state index contributed by atoms with van der Waals surface area (Å²) in [4.78, 5) is 0. The molecule has 0 saturated carbocycles. The van der Waals surface area contributed by atoms with E-state index in [1.165, 1.54) is 0 Å². The minimum Gasteiger partial charge on any atom is -0.381 e. The molecule has 0 aromatic heterocycles. The van der Waals surface area contributed by atoms with E-state index in [9.17, 15) is 0 Å². The highest BCUT2D eigenvalue weighted by molar-refractivity contribution is 6.22. The van der Waals surface area contributed by atoms with Crippen molar-refractivity contribution in [3.63, 3.8) is 0 Å². The number of rotatable bonds is 5. The van der Waals surface area contributed by atoms with Crippen LogP contribution in [0, 0.1) is 5.92 Å². The molecule has 1 atom stereocenters. The largest absolute Gasteiger partial charge is 0.381 e. The van der Waals surface area contributed by atoms with Gasteiger partial charge in [0.1, 0.15) is 0 Å². The standard InChI is InChI=1S/C9H17Cl2NO/c1-9(6-10,7-11)12-4-8-2-3-13-5-8/h8,12H,2-7H2,1H3. The number of alkyl halides is 2. The fourth-order valence-corrected chi connectivity index (χ4v) is 1.74. The number of nitrogens with one attached hydrogen (secondary N) is 1. The van der Waals surface area contributed by atoms with Gasteiger partial charge in [-0.2, -0.15) is 0 Å². The fourth-order valence-electron chi connectivity index (χ4n) is 1.27. The average Bonchev–Trinajstić information content (AvgIpc) is 2.67. The lowest BCUT2D eigenvalue weighted by molar-refractivity contribution is 0.183. The summed E-state index contributed by atoms with van der Waals surface area (Å²) in [6, 6.07) is 0. The normalized spacial score (nSPS) is 23.8. The summed E-state index contributed by atoms with van der Waals surface area (Å²) in [5, 5.41) is 3.39. The van der Waals surface area contributed by atoms with Gasteiger partial charge in [0.2, 0.25) is 0 Å². The molecule has 2 nitrogen and oxygen atoms in total. The number of hydrogen-bond donors (Lipinski definition) is 1. The Balaban J connectivity index is 2.22. The van der Waals surface area contributed by atoms with Crippen LogP contribution >= 0.6 is 23.2 Å². The molecular weight excluding hydrogens is 209 g/mol. The summed E-state index contributed by atoms with van der Waals surface area (Å²) < 4.78 is 5.28. The lowest BCUT2D eigenvalue weighted by Crippen LogP contribution is -2.48. The zero-order valence-corrected chi connectivity index (χ0v) is 9.50. The van der Waals surface area contributed by atoms with Gasteiger partial charge >= 0.3 is 0 Å². The van der Waals surface area contributed by atoms with E-state index in [1.54, 1.807) is 0 Å². The molecule has 0 aromatic rings. The summed E-state index contributed by atoms with van der Waals surface area (Å²) in [5.41, 5.74) is -0.133. The van der Waals surface area contributed by atoms with Crippen molar-refractivity contribution in [1.29, 1.82) is 0 Å². The topological polar surface area (TPSA) is 21.3 Å². The second kappa shape index (κ2) is 5.40. The Kier molecular flexibility index (Phi) is 4.81. The Bertz CT molecular complexity index is 145. The van der Waals surface area contributed by atoms with Crippen molar-refractivity contribution in [3.05, 3.63) is 0 Å². The van der Waals surface area contributed by atoms with E-state index in [4.69, 9.17) is 27.9 Å². The van der Waals surface area contributed by atoms with Gasteiger partial charge in [-0.25, -0.2) is 0 Å². The third-order valence-corrected chi connectivity index (χ3v) is 3.61. The van der Waals surface area contributed by atoms with Crippen molar-refractivity contribution in [1.82, 2.24) is 5.32 Å². The number of halogens is 2. The van der Waals surface area contributed by atoms with Crippen LogP contribution in [-0.2, 0) is 4.74 Å². The van der Waals surface area contributed by atoms with Gasteiger partial charge < -0.3 is 10.1 Å². The van der Waals surface area contributed by atoms with Crippen LogP contribution in [-0.4, -0.2) is 37.1 Å². The minimum absolute atomic E-state index is 0.133. The molecule has 1 aliphatic heterocycles. The molecule has 1 aliphatic rings.